The van der Waals surface area contributed by atoms with Crippen molar-refractivity contribution in [3.8, 4) is 0 Å². The van der Waals surface area contributed by atoms with E-state index in [4.69, 9.17) is 4.74 Å². The summed E-state index contributed by atoms with van der Waals surface area (Å²) in [4.78, 5) is 4.52. The second-order valence-electron chi connectivity index (χ2n) is 6.31. The third kappa shape index (κ3) is 2.35. The molecule has 1 aliphatic carbocycles. The van der Waals surface area contributed by atoms with E-state index in [2.05, 4.69) is 50.2 Å². The molecule has 2 fully saturated rings. The summed E-state index contributed by atoms with van der Waals surface area (Å²) in [6.07, 6.45) is 1.60. The molecule has 1 saturated heterocycles. The third-order valence-electron chi connectivity index (χ3n) is 4.13. The minimum atomic E-state index is 0.203. The average molecular weight is 253 g/mol. The van der Waals surface area contributed by atoms with Gasteiger partial charge in [0, 0.05) is 36.6 Å². The fourth-order valence-electron chi connectivity index (χ4n) is 3.33. The number of ether oxygens (including phenoxy) is 1. The van der Waals surface area contributed by atoms with Crippen LogP contribution in [0.3, 0.4) is 0 Å². The van der Waals surface area contributed by atoms with Gasteiger partial charge in [0.1, 0.15) is 0 Å². The van der Waals surface area contributed by atoms with Crippen LogP contribution in [0.5, 0.6) is 0 Å². The lowest BCUT2D eigenvalue weighted by atomic mass is 9.57. The number of fused-ring (bicyclic) bond motifs is 1. The van der Waals surface area contributed by atoms with E-state index in [-0.39, 0.29) is 5.41 Å². The van der Waals surface area contributed by atoms with E-state index >= 15 is 0 Å². The van der Waals surface area contributed by atoms with Gasteiger partial charge in [0.15, 0.2) is 5.96 Å². The highest BCUT2D eigenvalue weighted by molar-refractivity contribution is 5.80. The van der Waals surface area contributed by atoms with Crippen LogP contribution < -0.4 is 10.6 Å². The summed E-state index contributed by atoms with van der Waals surface area (Å²) in [5.41, 5.74) is 0.203. The Labute approximate surface area is 111 Å². The molecule has 1 heterocycles. The van der Waals surface area contributed by atoms with Crippen molar-refractivity contribution in [2.45, 2.75) is 59.2 Å². The maximum Gasteiger partial charge on any atom is 0.191 e. The zero-order valence-corrected chi connectivity index (χ0v) is 12.3. The molecule has 0 spiro atoms. The number of rotatable bonds is 3. The highest BCUT2D eigenvalue weighted by Crippen LogP contribution is 2.52. The topological polar surface area (TPSA) is 45.7 Å². The first-order valence-electron chi connectivity index (χ1n) is 7.16. The van der Waals surface area contributed by atoms with E-state index in [0.717, 1.165) is 19.1 Å². The van der Waals surface area contributed by atoms with Crippen LogP contribution in [0.1, 0.15) is 41.0 Å². The normalized spacial score (nSPS) is 34.1. The molecule has 2 N–H and O–H groups in total. The highest BCUT2D eigenvalue weighted by atomic mass is 16.5. The molecule has 104 valence electrons. The second kappa shape index (κ2) is 5.08. The van der Waals surface area contributed by atoms with Crippen LogP contribution in [-0.2, 0) is 4.74 Å². The number of guanidine groups is 1. The van der Waals surface area contributed by atoms with Crippen molar-refractivity contribution in [1.82, 2.24) is 10.6 Å². The Hall–Kier alpha value is -0.770. The predicted octanol–water partition coefficient (Wildman–Crippen LogP) is 1.76. The van der Waals surface area contributed by atoms with Gasteiger partial charge >= 0.3 is 0 Å². The lowest BCUT2D eigenvalue weighted by Gasteiger charge is -2.55. The van der Waals surface area contributed by atoms with E-state index in [1.165, 1.54) is 6.42 Å². The molecule has 0 aromatic carbocycles. The second-order valence-corrected chi connectivity index (χ2v) is 6.31. The van der Waals surface area contributed by atoms with Crippen molar-refractivity contribution in [2.24, 2.45) is 16.3 Å². The summed E-state index contributed by atoms with van der Waals surface area (Å²) in [6, 6.07) is 0.878. The molecule has 4 nitrogen and oxygen atoms in total. The summed E-state index contributed by atoms with van der Waals surface area (Å²) in [5.74, 6) is 1.59. The fourth-order valence-corrected chi connectivity index (χ4v) is 3.33. The first kappa shape index (κ1) is 13.7. The van der Waals surface area contributed by atoms with Crippen LogP contribution in [0.15, 0.2) is 4.99 Å². The molecule has 0 amide bonds. The minimum Gasteiger partial charge on any atom is -0.377 e. The Balaban J connectivity index is 2.01. The molecular weight excluding hydrogens is 226 g/mol. The van der Waals surface area contributed by atoms with E-state index < -0.39 is 0 Å². The van der Waals surface area contributed by atoms with Gasteiger partial charge in [0.25, 0.3) is 0 Å². The summed E-state index contributed by atoms with van der Waals surface area (Å²) >= 11 is 0. The van der Waals surface area contributed by atoms with Gasteiger partial charge in [0.05, 0.1) is 6.10 Å². The third-order valence-corrected chi connectivity index (χ3v) is 4.13. The zero-order chi connectivity index (χ0) is 13.3. The largest absolute Gasteiger partial charge is 0.377 e. The quantitative estimate of drug-likeness (QED) is 0.595. The molecule has 1 saturated carbocycles. The monoisotopic (exact) mass is 253 g/mol. The Morgan fingerprint density at radius 3 is 2.78 bits per heavy atom. The number of hydrogen-bond acceptors (Lipinski definition) is 2. The molecule has 0 radical (unpaired) electrons. The molecule has 0 aromatic rings. The van der Waals surface area contributed by atoms with Crippen LogP contribution in [0, 0.1) is 11.3 Å². The Morgan fingerprint density at radius 2 is 2.17 bits per heavy atom. The number of nitrogens with one attached hydrogen (secondary N) is 2. The predicted molar refractivity (Wildman–Crippen MR) is 74.8 cm³/mol. The van der Waals surface area contributed by atoms with Crippen LogP contribution >= 0.6 is 0 Å². The molecule has 0 aromatic heterocycles. The van der Waals surface area contributed by atoms with Gasteiger partial charge in [0.2, 0.25) is 0 Å². The molecule has 2 rings (SSSR count). The van der Waals surface area contributed by atoms with E-state index in [0.29, 0.717) is 24.1 Å². The number of aliphatic imine (C=N–C) groups is 1. The van der Waals surface area contributed by atoms with Crippen molar-refractivity contribution in [3.05, 3.63) is 0 Å². The number of nitrogens with zero attached hydrogens (tertiary/aromatic N) is 1. The maximum absolute atomic E-state index is 5.82. The lowest BCUT2D eigenvalue weighted by molar-refractivity contribution is -0.106. The summed E-state index contributed by atoms with van der Waals surface area (Å²) in [6.45, 7) is 12.6. The average Bonchev–Trinajstić information content (AvgIpc) is 2.71. The van der Waals surface area contributed by atoms with Crippen LogP contribution in [0.25, 0.3) is 0 Å². The van der Waals surface area contributed by atoms with Gasteiger partial charge in [-0.15, -0.1) is 0 Å². The van der Waals surface area contributed by atoms with Gasteiger partial charge in [-0.1, -0.05) is 13.8 Å². The fraction of sp³-hybridized carbons (Fsp3) is 0.929. The summed E-state index contributed by atoms with van der Waals surface area (Å²) < 4.78 is 5.82. The van der Waals surface area contributed by atoms with Crippen molar-refractivity contribution in [2.75, 3.05) is 13.2 Å². The van der Waals surface area contributed by atoms with Crippen molar-refractivity contribution in [1.29, 1.82) is 0 Å². The molecule has 3 atom stereocenters. The van der Waals surface area contributed by atoms with Gasteiger partial charge in [-0.3, -0.25) is 4.99 Å². The Morgan fingerprint density at radius 1 is 1.44 bits per heavy atom. The minimum absolute atomic E-state index is 0.203. The zero-order valence-electron chi connectivity index (χ0n) is 12.3. The Bertz CT molecular complexity index is 325. The Kier molecular flexibility index (Phi) is 3.85. The number of hydrogen-bond donors (Lipinski definition) is 2. The summed E-state index contributed by atoms with van der Waals surface area (Å²) in [5, 5.41) is 7.00. The maximum atomic E-state index is 5.82. The molecule has 1 aliphatic heterocycles. The molecule has 2 aliphatic rings. The van der Waals surface area contributed by atoms with Crippen LogP contribution in [-0.4, -0.2) is 37.3 Å². The summed E-state index contributed by atoms with van der Waals surface area (Å²) in [7, 11) is 0. The highest BCUT2D eigenvalue weighted by Gasteiger charge is 2.59. The SMILES string of the molecule is CCN=C(NC(C)C)NC1C2CCOC2C1(C)C. The van der Waals surface area contributed by atoms with Crippen molar-refractivity contribution < 1.29 is 4.74 Å². The first-order valence-corrected chi connectivity index (χ1v) is 7.16. The smallest absolute Gasteiger partial charge is 0.191 e. The lowest BCUT2D eigenvalue weighted by Crippen LogP contribution is -2.68. The van der Waals surface area contributed by atoms with Gasteiger partial charge < -0.3 is 15.4 Å². The van der Waals surface area contributed by atoms with E-state index in [1.54, 1.807) is 0 Å². The van der Waals surface area contributed by atoms with Gasteiger partial charge in [-0.25, -0.2) is 0 Å². The van der Waals surface area contributed by atoms with Gasteiger partial charge in [-0.05, 0) is 27.2 Å². The molecule has 0 bridgehead atoms. The van der Waals surface area contributed by atoms with Crippen LogP contribution in [0.4, 0.5) is 0 Å². The van der Waals surface area contributed by atoms with E-state index in [9.17, 15) is 0 Å². The van der Waals surface area contributed by atoms with E-state index in [1.807, 2.05) is 0 Å². The molecular formula is C14H27N3O. The molecule has 3 unspecified atom stereocenters. The van der Waals surface area contributed by atoms with Gasteiger partial charge in [-0.2, -0.15) is 0 Å². The molecule has 18 heavy (non-hydrogen) atoms. The van der Waals surface area contributed by atoms with Crippen molar-refractivity contribution >= 4 is 5.96 Å². The van der Waals surface area contributed by atoms with Crippen molar-refractivity contribution in [3.63, 3.8) is 0 Å². The first-order chi connectivity index (χ1) is 8.46. The molecule has 4 heteroatoms. The standard InChI is InChI=1S/C14H27N3O/c1-6-15-13(16-9(2)3)17-11-10-7-8-18-12(10)14(11,4)5/h9-12H,6-8H2,1-5H3,(H2,15,16,17). The van der Waals surface area contributed by atoms with Crippen LogP contribution in [0.2, 0.25) is 0 Å².